The standard InChI is InChI=1S/C14H21N3O/c1-10-5-3-7-14(15,9-10)13(18)17-12-6-4-8-16-11(12)2/h4,6,8,10H,3,5,7,9,15H2,1-2H3,(H,17,18). The Morgan fingerprint density at radius 3 is 3.06 bits per heavy atom. The molecule has 0 bridgehead atoms. The lowest BCUT2D eigenvalue weighted by atomic mass is 9.76. The van der Waals surface area contributed by atoms with E-state index in [9.17, 15) is 4.79 Å². The molecule has 0 spiro atoms. The van der Waals surface area contributed by atoms with E-state index in [1.54, 1.807) is 6.20 Å². The summed E-state index contributed by atoms with van der Waals surface area (Å²) in [4.78, 5) is 16.5. The van der Waals surface area contributed by atoms with Crippen LogP contribution in [0, 0.1) is 12.8 Å². The molecule has 1 aromatic rings. The maximum absolute atomic E-state index is 12.3. The normalized spacial score (nSPS) is 27.8. The van der Waals surface area contributed by atoms with E-state index in [2.05, 4.69) is 17.2 Å². The fourth-order valence-corrected chi connectivity index (χ4v) is 2.66. The highest BCUT2D eigenvalue weighted by Crippen LogP contribution is 2.31. The molecule has 4 heteroatoms. The van der Waals surface area contributed by atoms with Gasteiger partial charge < -0.3 is 11.1 Å². The maximum atomic E-state index is 12.3. The number of carbonyl (C=O) groups is 1. The molecule has 0 aliphatic heterocycles. The molecule has 18 heavy (non-hydrogen) atoms. The van der Waals surface area contributed by atoms with Gasteiger partial charge in [0.05, 0.1) is 16.9 Å². The summed E-state index contributed by atoms with van der Waals surface area (Å²) in [5, 5.41) is 2.91. The molecule has 1 fully saturated rings. The van der Waals surface area contributed by atoms with Gasteiger partial charge in [0.1, 0.15) is 0 Å². The van der Waals surface area contributed by atoms with Crippen LogP contribution in [0.4, 0.5) is 5.69 Å². The van der Waals surface area contributed by atoms with E-state index in [0.717, 1.165) is 37.1 Å². The fourth-order valence-electron chi connectivity index (χ4n) is 2.66. The smallest absolute Gasteiger partial charge is 0.244 e. The minimum atomic E-state index is -0.722. The number of anilines is 1. The lowest BCUT2D eigenvalue weighted by Crippen LogP contribution is -2.53. The third-order valence-corrected chi connectivity index (χ3v) is 3.74. The Morgan fingerprint density at radius 2 is 2.39 bits per heavy atom. The second kappa shape index (κ2) is 5.06. The molecule has 1 aliphatic rings. The van der Waals surface area contributed by atoms with Crippen molar-refractivity contribution in [3.63, 3.8) is 0 Å². The Balaban J connectivity index is 2.10. The van der Waals surface area contributed by atoms with E-state index < -0.39 is 5.54 Å². The molecule has 2 rings (SSSR count). The van der Waals surface area contributed by atoms with E-state index in [-0.39, 0.29) is 5.91 Å². The van der Waals surface area contributed by atoms with Crippen LogP contribution in [-0.2, 0) is 4.79 Å². The van der Waals surface area contributed by atoms with Crippen LogP contribution in [0.1, 0.15) is 38.3 Å². The van der Waals surface area contributed by atoms with E-state index in [1.165, 1.54) is 0 Å². The maximum Gasteiger partial charge on any atom is 0.244 e. The molecule has 4 nitrogen and oxygen atoms in total. The number of nitrogens with zero attached hydrogens (tertiary/aromatic N) is 1. The molecular formula is C14H21N3O. The zero-order valence-corrected chi connectivity index (χ0v) is 11.1. The van der Waals surface area contributed by atoms with Crippen LogP contribution in [0.15, 0.2) is 18.3 Å². The Morgan fingerprint density at radius 1 is 1.61 bits per heavy atom. The molecule has 98 valence electrons. The lowest BCUT2D eigenvalue weighted by Gasteiger charge is -2.35. The highest BCUT2D eigenvalue weighted by atomic mass is 16.2. The molecule has 1 saturated carbocycles. The molecule has 1 heterocycles. The van der Waals surface area contributed by atoms with Crippen molar-refractivity contribution in [3.05, 3.63) is 24.0 Å². The van der Waals surface area contributed by atoms with Crippen LogP contribution >= 0.6 is 0 Å². The summed E-state index contributed by atoms with van der Waals surface area (Å²) in [7, 11) is 0. The second-order valence-electron chi connectivity index (χ2n) is 5.45. The molecule has 1 aliphatic carbocycles. The number of amides is 1. The van der Waals surface area contributed by atoms with Crippen LogP contribution in [-0.4, -0.2) is 16.4 Å². The van der Waals surface area contributed by atoms with E-state index in [0.29, 0.717) is 5.92 Å². The number of pyridine rings is 1. The summed E-state index contributed by atoms with van der Waals surface area (Å²) in [5.41, 5.74) is 7.11. The van der Waals surface area contributed by atoms with Crippen LogP contribution < -0.4 is 11.1 Å². The number of aryl methyl sites for hydroxylation is 1. The third-order valence-electron chi connectivity index (χ3n) is 3.74. The summed E-state index contributed by atoms with van der Waals surface area (Å²) < 4.78 is 0. The highest BCUT2D eigenvalue weighted by Gasteiger charge is 2.38. The molecule has 2 atom stereocenters. The van der Waals surface area contributed by atoms with Crippen molar-refractivity contribution in [1.82, 2.24) is 4.98 Å². The first-order chi connectivity index (χ1) is 8.51. The monoisotopic (exact) mass is 247 g/mol. The Bertz CT molecular complexity index is 446. The van der Waals surface area contributed by atoms with Crippen molar-refractivity contribution in [1.29, 1.82) is 0 Å². The minimum Gasteiger partial charge on any atom is -0.323 e. The molecule has 0 saturated heterocycles. The predicted octanol–water partition coefficient (Wildman–Crippen LogP) is 2.24. The van der Waals surface area contributed by atoms with Crippen molar-refractivity contribution >= 4 is 11.6 Å². The molecular weight excluding hydrogens is 226 g/mol. The van der Waals surface area contributed by atoms with Gasteiger partial charge in [-0.3, -0.25) is 9.78 Å². The number of hydrogen-bond donors (Lipinski definition) is 2. The van der Waals surface area contributed by atoms with Gasteiger partial charge in [-0.1, -0.05) is 19.8 Å². The number of aromatic nitrogens is 1. The van der Waals surface area contributed by atoms with Gasteiger partial charge in [-0.15, -0.1) is 0 Å². The van der Waals surface area contributed by atoms with Crippen LogP contribution in [0.2, 0.25) is 0 Å². The first-order valence-electron chi connectivity index (χ1n) is 6.53. The highest BCUT2D eigenvalue weighted by molar-refractivity contribution is 5.98. The molecule has 3 N–H and O–H groups in total. The van der Waals surface area contributed by atoms with Crippen LogP contribution in [0.3, 0.4) is 0 Å². The summed E-state index contributed by atoms with van der Waals surface area (Å²) in [6.45, 7) is 4.03. The van der Waals surface area contributed by atoms with Gasteiger partial charge in [0, 0.05) is 6.20 Å². The SMILES string of the molecule is Cc1ncccc1NC(=O)C1(N)CCCC(C)C1. The molecule has 0 radical (unpaired) electrons. The second-order valence-corrected chi connectivity index (χ2v) is 5.45. The van der Waals surface area contributed by atoms with Gasteiger partial charge in [0.2, 0.25) is 5.91 Å². The fraction of sp³-hybridized carbons (Fsp3) is 0.571. The number of carbonyl (C=O) groups excluding carboxylic acids is 1. The van der Waals surface area contributed by atoms with E-state index in [4.69, 9.17) is 5.73 Å². The van der Waals surface area contributed by atoms with Gasteiger partial charge in [-0.2, -0.15) is 0 Å². The van der Waals surface area contributed by atoms with Crippen molar-refractivity contribution < 1.29 is 4.79 Å². The third kappa shape index (κ3) is 2.70. The van der Waals surface area contributed by atoms with E-state index in [1.807, 2.05) is 19.1 Å². The molecule has 2 unspecified atom stereocenters. The number of rotatable bonds is 2. The minimum absolute atomic E-state index is 0.0786. The summed E-state index contributed by atoms with van der Waals surface area (Å²) in [6, 6.07) is 3.67. The van der Waals surface area contributed by atoms with Gasteiger partial charge in [-0.05, 0) is 37.8 Å². The van der Waals surface area contributed by atoms with Gasteiger partial charge in [-0.25, -0.2) is 0 Å². The van der Waals surface area contributed by atoms with Crippen molar-refractivity contribution in [3.8, 4) is 0 Å². The first kappa shape index (κ1) is 13.0. The average Bonchev–Trinajstić information content (AvgIpc) is 2.31. The van der Waals surface area contributed by atoms with Gasteiger partial charge >= 0.3 is 0 Å². The number of nitrogens with two attached hydrogens (primary N) is 1. The molecule has 1 amide bonds. The van der Waals surface area contributed by atoms with Gasteiger partial charge in [0.25, 0.3) is 0 Å². The van der Waals surface area contributed by atoms with Crippen LogP contribution in [0.25, 0.3) is 0 Å². The summed E-state index contributed by atoms with van der Waals surface area (Å²) in [5.74, 6) is 0.439. The number of hydrogen-bond acceptors (Lipinski definition) is 3. The predicted molar refractivity (Wildman–Crippen MR) is 72.2 cm³/mol. The van der Waals surface area contributed by atoms with Gasteiger partial charge in [0.15, 0.2) is 0 Å². The quantitative estimate of drug-likeness (QED) is 0.842. The van der Waals surface area contributed by atoms with Crippen LogP contribution in [0.5, 0.6) is 0 Å². The van der Waals surface area contributed by atoms with E-state index >= 15 is 0 Å². The molecule has 0 aromatic carbocycles. The first-order valence-corrected chi connectivity index (χ1v) is 6.53. The number of nitrogens with one attached hydrogen (secondary N) is 1. The summed E-state index contributed by atoms with van der Waals surface area (Å²) >= 11 is 0. The Hall–Kier alpha value is -1.42. The zero-order valence-electron chi connectivity index (χ0n) is 11.1. The largest absolute Gasteiger partial charge is 0.323 e. The Kier molecular flexibility index (Phi) is 3.66. The molecule has 1 aromatic heterocycles. The van der Waals surface area contributed by atoms with Crippen molar-refractivity contribution in [2.75, 3.05) is 5.32 Å². The lowest BCUT2D eigenvalue weighted by molar-refractivity contribution is -0.122. The Labute approximate surface area is 108 Å². The average molecular weight is 247 g/mol. The summed E-state index contributed by atoms with van der Waals surface area (Å²) in [6.07, 6.45) is 5.43. The van der Waals surface area contributed by atoms with Crippen molar-refractivity contribution in [2.24, 2.45) is 11.7 Å². The zero-order chi connectivity index (χ0) is 13.2. The topological polar surface area (TPSA) is 68.0 Å². The van der Waals surface area contributed by atoms with Crippen molar-refractivity contribution in [2.45, 2.75) is 45.1 Å².